The van der Waals surface area contributed by atoms with Crippen molar-refractivity contribution in [3.05, 3.63) is 34.9 Å². The predicted molar refractivity (Wildman–Crippen MR) is 86.2 cm³/mol. The molecular weight excluding hydrogens is 262 g/mol. The van der Waals surface area contributed by atoms with Gasteiger partial charge in [-0.05, 0) is 43.0 Å². The van der Waals surface area contributed by atoms with Crippen molar-refractivity contribution in [1.29, 1.82) is 0 Å². The van der Waals surface area contributed by atoms with Gasteiger partial charge < -0.3 is 10.0 Å². The summed E-state index contributed by atoms with van der Waals surface area (Å²) in [5, 5.41) is 8.78. The second kappa shape index (κ2) is 6.78. The zero-order valence-electron chi connectivity index (χ0n) is 13.8. The van der Waals surface area contributed by atoms with Gasteiger partial charge in [-0.1, -0.05) is 32.6 Å². The van der Waals surface area contributed by atoms with Crippen molar-refractivity contribution in [2.24, 2.45) is 5.41 Å². The molecule has 1 unspecified atom stereocenters. The number of carbonyl (C=O) groups is 1. The summed E-state index contributed by atoms with van der Waals surface area (Å²) in [6.07, 6.45) is 0. The molecule has 0 aliphatic rings. The number of amides is 1. The minimum atomic E-state index is -0.182. The standard InChI is InChI=1S/C18H25NO2/c1-13-10-15(8-7-9-20)12-16(11-13)17(21)19(6)14(2)18(3,4)5/h10-12,14,20H,9H2,1-6H3. The Hall–Kier alpha value is -1.79. The van der Waals surface area contributed by atoms with Crippen LogP contribution in [0.15, 0.2) is 18.2 Å². The Balaban J connectivity index is 3.10. The minimum absolute atomic E-state index is 0.00632. The molecule has 0 radical (unpaired) electrons. The summed E-state index contributed by atoms with van der Waals surface area (Å²) in [4.78, 5) is 14.4. The van der Waals surface area contributed by atoms with Crippen LogP contribution in [0.25, 0.3) is 0 Å². The van der Waals surface area contributed by atoms with Gasteiger partial charge in [0.1, 0.15) is 6.61 Å². The minimum Gasteiger partial charge on any atom is -0.384 e. The zero-order valence-corrected chi connectivity index (χ0v) is 13.8. The monoisotopic (exact) mass is 287 g/mol. The summed E-state index contributed by atoms with van der Waals surface area (Å²) in [5.74, 6) is 5.47. The van der Waals surface area contributed by atoms with Crippen LogP contribution in [0, 0.1) is 24.2 Å². The summed E-state index contributed by atoms with van der Waals surface area (Å²) in [5.41, 5.74) is 2.40. The average molecular weight is 287 g/mol. The van der Waals surface area contributed by atoms with E-state index in [4.69, 9.17) is 5.11 Å². The number of aliphatic hydroxyl groups excluding tert-OH is 1. The fourth-order valence-corrected chi connectivity index (χ4v) is 2.08. The molecule has 0 bridgehead atoms. The third kappa shape index (κ3) is 4.61. The van der Waals surface area contributed by atoms with Crippen molar-refractivity contribution in [3.8, 4) is 11.8 Å². The molecule has 0 saturated carbocycles. The predicted octanol–water partition coefficient (Wildman–Crippen LogP) is 2.85. The SMILES string of the molecule is Cc1cc(C#CCO)cc(C(=O)N(C)C(C)C(C)(C)C)c1. The van der Waals surface area contributed by atoms with E-state index in [9.17, 15) is 4.79 Å². The van der Waals surface area contributed by atoms with Crippen LogP contribution >= 0.6 is 0 Å². The van der Waals surface area contributed by atoms with Gasteiger partial charge in [-0.2, -0.15) is 0 Å². The van der Waals surface area contributed by atoms with Crippen LogP contribution in [-0.4, -0.2) is 35.6 Å². The Labute approximate surface area is 128 Å². The lowest BCUT2D eigenvalue weighted by Gasteiger charge is -2.35. The number of hydrogen-bond donors (Lipinski definition) is 1. The Bertz CT molecular complexity index is 573. The van der Waals surface area contributed by atoms with Gasteiger partial charge in [0.25, 0.3) is 5.91 Å². The van der Waals surface area contributed by atoms with E-state index in [0.717, 1.165) is 11.1 Å². The number of aryl methyl sites for hydroxylation is 1. The molecule has 0 saturated heterocycles. The van der Waals surface area contributed by atoms with E-state index in [1.54, 1.807) is 11.0 Å². The van der Waals surface area contributed by atoms with Crippen LogP contribution in [0.3, 0.4) is 0 Å². The third-order valence-corrected chi connectivity index (χ3v) is 3.79. The largest absolute Gasteiger partial charge is 0.384 e. The lowest BCUT2D eigenvalue weighted by molar-refractivity contribution is 0.0629. The van der Waals surface area contributed by atoms with Gasteiger partial charge in [-0.25, -0.2) is 0 Å². The molecule has 0 spiro atoms. The van der Waals surface area contributed by atoms with E-state index < -0.39 is 0 Å². The quantitative estimate of drug-likeness (QED) is 0.850. The summed E-state index contributed by atoms with van der Waals surface area (Å²) in [6, 6.07) is 5.69. The number of carbonyl (C=O) groups excluding carboxylic acids is 1. The molecular formula is C18H25NO2. The molecule has 0 aromatic heterocycles. The van der Waals surface area contributed by atoms with Crippen molar-refractivity contribution in [2.75, 3.05) is 13.7 Å². The van der Waals surface area contributed by atoms with Crippen LogP contribution in [-0.2, 0) is 0 Å². The highest BCUT2D eigenvalue weighted by atomic mass is 16.2. The van der Waals surface area contributed by atoms with Crippen LogP contribution in [0.4, 0.5) is 0 Å². The van der Waals surface area contributed by atoms with Gasteiger partial charge in [0.15, 0.2) is 0 Å². The maximum absolute atomic E-state index is 12.6. The van der Waals surface area contributed by atoms with Gasteiger partial charge in [-0.15, -0.1) is 0 Å². The Morgan fingerprint density at radius 2 is 1.95 bits per heavy atom. The lowest BCUT2D eigenvalue weighted by Crippen LogP contribution is -2.43. The Kier molecular flexibility index (Phi) is 5.57. The van der Waals surface area contributed by atoms with Crippen molar-refractivity contribution < 1.29 is 9.90 Å². The van der Waals surface area contributed by atoms with E-state index in [0.29, 0.717) is 5.56 Å². The number of hydrogen-bond acceptors (Lipinski definition) is 2. The molecule has 3 heteroatoms. The highest BCUT2D eigenvalue weighted by Crippen LogP contribution is 2.24. The van der Waals surface area contributed by atoms with Crippen LogP contribution in [0.1, 0.15) is 49.2 Å². The lowest BCUT2D eigenvalue weighted by atomic mass is 9.87. The van der Waals surface area contributed by atoms with Crippen molar-refractivity contribution in [1.82, 2.24) is 4.90 Å². The molecule has 0 aliphatic heterocycles. The van der Waals surface area contributed by atoms with Gasteiger partial charge in [-0.3, -0.25) is 4.79 Å². The first kappa shape index (κ1) is 17.3. The van der Waals surface area contributed by atoms with E-state index >= 15 is 0 Å². The third-order valence-electron chi connectivity index (χ3n) is 3.79. The van der Waals surface area contributed by atoms with E-state index in [-0.39, 0.29) is 24.0 Å². The molecule has 1 N–H and O–H groups in total. The van der Waals surface area contributed by atoms with Gasteiger partial charge in [0.05, 0.1) is 0 Å². The van der Waals surface area contributed by atoms with Crippen LogP contribution in [0.2, 0.25) is 0 Å². The van der Waals surface area contributed by atoms with Gasteiger partial charge in [0.2, 0.25) is 0 Å². The molecule has 0 heterocycles. The molecule has 1 amide bonds. The molecule has 0 aliphatic carbocycles. The summed E-state index contributed by atoms with van der Waals surface area (Å²) >= 11 is 0. The van der Waals surface area contributed by atoms with Crippen molar-refractivity contribution in [2.45, 2.75) is 40.7 Å². The number of benzene rings is 1. The van der Waals surface area contributed by atoms with Crippen LogP contribution in [0.5, 0.6) is 0 Å². The zero-order chi connectivity index (χ0) is 16.2. The maximum Gasteiger partial charge on any atom is 0.253 e. The molecule has 3 nitrogen and oxygen atoms in total. The first-order chi connectivity index (χ1) is 9.66. The Morgan fingerprint density at radius 3 is 2.48 bits per heavy atom. The smallest absolute Gasteiger partial charge is 0.253 e. The van der Waals surface area contributed by atoms with Crippen molar-refractivity contribution in [3.63, 3.8) is 0 Å². The fraction of sp³-hybridized carbons (Fsp3) is 0.500. The van der Waals surface area contributed by atoms with Crippen LogP contribution < -0.4 is 0 Å². The highest BCUT2D eigenvalue weighted by Gasteiger charge is 2.27. The van der Waals surface area contributed by atoms with Gasteiger partial charge >= 0.3 is 0 Å². The highest BCUT2D eigenvalue weighted by molar-refractivity contribution is 5.94. The normalized spacial score (nSPS) is 12.3. The number of nitrogens with zero attached hydrogens (tertiary/aromatic N) is 1. The second-order valence-electron chi connectivity index (χ2n) is 6.51. The maximum atomic E-state index is 12.6. The molecule has 0 fully saturated rings. The summed E-state index contributed by atoms with van der Waals surface area (Å²) in [6.45, 7) is 10.2. The average Bonchev–Trinajstić information content (AvgIpc) is 2.41. The molecule has 1 aromatic rings. The first-order valence-electron chi connectivity index (χ1n) is 7.15. The van der Waals surface area contributed by atoms with E-state index in [1.165, 1.54) is 0 Å². The molecule has 1 rings (SSSR count). The fourth-order valence-electron chi connectivity index (χ4n) is 2.08. The molecule has 1 atom stereocenters. The second-order valence-corrected chi connectivity index (χ2v) is 6.51. The van der Waals surface area contributed by atoms with Crippen molar-refractivity contribution >= 4 is 5.91 Å². The topological polar surface area (TPSA) is 40.5 Å². The number of rotatable bonds is 2. The van der Waals surface area contributed by atoms with Gasteiger partial charge in [0, 0.05) is 24.2 Å². The summed E-state index contributed by atoms with van der Waals surface area (Å²) in [7, 11) is 1.83. The Morgan fingerprint density at radius 1 is 1.33 bits per heavy atom. The molecule has 114 valence electrons. The van der Waals surface area contributed by atoms with E-state index in [2.05, 4.69) is 39.5 Å². The summed E-state index contributed by atoms with van der Waals surface area (Å²) < 4.78 is 0. The molecule has 21 heavy (non-hydrogen) atoms. The van der Waals surface area contributed by atoms with E-state index in [1.807, 2.05) is 26.1 Å². The molecule has 1 aromatic carbocycles. The number of aliphatic hydroxyl groups is 1. The first-order valence-corrected chi connectivity index (χ1v) is 7.15.